The molecule has 12 nitrogen and oxygen atoms in total. The van der Waals surface area contributed by atoms with Crippen molar-refractivity contribution in [3.05, 3.63) is 39.7 Å². The van der Waals surface area contributed by atoms with Gasteiger partial charge in [-0.1, -0.05) is 13.8 Å². The van der Waals surface area contributed by atoms with Gasteiger partial charge in [0, 0.05) is 24.3 Å². The summed E-state index contributed by atoms with van der Waals surface area (Å²) in [6.45, 7) is 10.1. The number of nitrogens with zero attached hydrogens (tertiary/aromatic N) is 3. The van der Waals surface area contributed by atoms with E-state index in [0.717, 1.165) is 18.2 Å². The zero-order chi connectivity index (χ0) is 31.3. The van der Waals surface area contributed by atoms with Crippen molar-refractivity contribution in [3.8, 4) is 0 Å². The van der Waals surface area contributed by atoms with Crippen LogP contribution in [0, 0.1) is 15.9 Å². The molecule has 0 saturated carbocycles. The van der Waals surface area contributed by atoms with Crippen LogP contribution in [0.3, 0.4) is 0 Å². The van der Waals surface area contributed by atoms with Crippen molar-refractivity contribution in [1.29, 1.82) is 0 Å². The molecule has 0 spiro atoms. The van der Waals surface area contributed by atoms with E-state index in [9.17, 15) is 42.0 Å². The minimum Gasteiger partial charge on any atom is -0.443 e. The van der Waals surface area contributed by atoms with Gasteiger partial charge in [0.25, 0.3) is 5.69 Å². The van der Waals surface area contributed by atoms with E-state index in [-0.39, 0.29) is 4.90 Å². The Labute approximate surface area is 232 Å². The summed E-state index contributed by atoms with van der Waals surface area (Å²) in [5.74, 6) is -3.09. The van der Waals surface area contributed by atoms with E-state index in [2.05, 4.69) is 4.99 Å². The standard InChI is InChI=1S/C23H31F2N3O9S.C2H6/c1-21(2,3)36-19(30)27(20(31)37-22(4,5)6)18-23(13-24,9-10-29)38(34,35)12-17(26-18)15-11-14(28(32)33)7-8-16(15)25;1-2/h7-8,11,17,29H,9-10,12-13H2,1-6H3;1-2H3. The third kappa shape index (κ3) is 7.93. The smallest absolute Gasteiger partial charge is 0.425 e. The molecule has 0 bridgehead atoms. The molecule has 2 unspecified atom stereocenters. The number of hydrogen-bond acceptors (Lipinski definition) is 10. The van der Waals surface area contributed by atoms with Gasteiger partial charge in [0.15, 0.2) is 14.6 Å². The van der Waals surface area contributed by atoms with Crippen LogP contribution in [0.2, 0.25) is 0 Å². The molecule has 2 atom stereocenters. The molecule has 0 aliphatic carbocycles. The molecule has 1 aromatic carbocycles. The molecule has 1 aliphatic heterocycles. The lowest BCUT2D eigenvalue weighted by Gasteiger charge is -2.40. The summed E-state index contributed by atoms with van der Waals surface area (Å²) < 4.78 is 64.4. The average molecular weight is 594 g/mol. The average Bonchev–Trinajstić information content (AvgIpc) is 2.80. The Morgan fingerprint density at radius 3 is 2.05 bits per heavy atom. The van der Waals surface area contributed by atoms with Gasteiger partial charge < -0.3 is 14.6 Å². The van der Waals surface area contributed by atoms with Gasteiger partial charge >= 0.3 is 12.2 Å². The maximum Gasteiger partial charge on any atom is 0.425 e. The first-order valence-corrected chi connectivity index (χ1v) is 14.1. The van der Waals surface area contributed by atoms with Crippen LogP contribution >= 0.6 is 0 Å². The summed E-state index contributed by atoms with van der Waals surface area (Å²) in [5.41, 5.74) is -3.55. The van der Waals surface area contributed by atoms with Crippen LogP contribution in [0.4, 0.5) is 24.1 Å². The van der Waals surface area contributed by atoms with Gasteiger partial charge in [0.2, 0.25) is 0 Å². The van der Waals surface area contributed by atoms with Crippen LogP contribution in [-0.2, 0) is 19.3 Å². The molecule has 1 aliphatic rings. The van der Waals surface area contributed by atoms with Gasteiger partial charge in [-0.05, 0) is 54.0 Å². The maximum atomic E-state index is 14.8. The lowest BCUT2D eigenvalue weighted by atomic mass is 10.0. The van der Waals surface area contributed by atoms with Crippen LogP contribution in [-0.4, -0.2) is 76.4 Å². The summed E-state index contributed by atoms with van der Waals surface area (Å²) in [7, 11) is -4.75. The van der Waals surface area contributed by atoms with E-state index in [0.29, 0.717) is 0 Å². The predicted octanol–water partition coefficient (Wildman–Crippen LogP) is 4.89. The molecule has 0 radical (unpaired) electrons. The first kappa shape index (κ1) is 34.8. The molecule has 0 fully saturated rings. The van der Waals surface area contributed by atoms with E-state index in [1.165, 1.54) is 41.5 Å². The Bertz CT molecular complexity index is 1210. The molecule has 0 saturated heterocycles. The van der Waals surface area contributed by atoms with E-state index in [1.807, 2.05) is 13.8 Å². The first-order valence-electron chi connectivity index (χ1n) is 12.5. The highest BCUT2D eigenvalue weighted by atomic mass is 32.2. The minimum atomic E-state index is -4.75. The lowest BCUT2D eigenvalue weighted by Crippen LogP contribution is -2.62. The largest absolute Gasteiger partial charge is 0.443 e. The normalized spacial score (nSPS) is 20.4. The SMILES string of the molecule is CC.CC(C)(C)OC(=O)N(C(=O)OC(C)(C)C)C1=NC(c2cc([N+](=O)[O-])ccc2F)CS(=O)(=O)C1(CF)CCO. The van der Waals surface area contributed by atoms with E-state index < -0.39 is 97.3 Å². The number of sulfone groups is 1. The fourth-order valence-corrected chi connectivity index (χ4v) is 5.63. The number of amides is 2. The van der Waals surface area contributed by atoms with Gasteiger partial charge in [-0.25, -0.2) is 26.8 Å². The van der Waals surface area contributed by atoms with Crippen molar-refractivity contribution >= 4 is 33.5 Å². The van der Waals surface area contributed by atoms with Crippen molar-refractivity contribution < 1.29 is 46.3 Å². The van der Waals surface area contributed by atoms with Gasteiger partial charge in [-0.3, -0.25) is 15.1 Å². The van der Waals surface area contributed by atoms with E-state index in [1.54, 1.807) is 0 Å². The number of aliphatic hydroxyl groups excluding tert-OH is 1. The third-order valence-corrected chi connectivity index (χ3v) is 7.74. The number of carbonyl (C=O) groups is 2. The molecule has 226 valence electrons. The van der Waals surface area contributed by atoms with Crippen LogP contribution in [0.1, 0.15) is 73.4 Å². The van der Waals surface area contributed by atoms with Crippen LogP contribution in [0.5, 0.6) is 0 Å². The molecule has 1 heterocycles. The molecular weight excluding hydrogens is 556 g/mol. The number of carbonyl (C=O) groups excluding carboxylic acids is 2. The molecule has 40 heavy (non-hydrogen) atoms. The van der Waals surface area contributed by atoms with Crippen molar-refractivity contribution in [2.45, 2.75) is 83.8 Å². The second-order valence-corrected chi connectivity index (χ2v) is 13.0. The predicted molar refractivity (Wildman–Crippen MR) is 143 cm³/mol. The number of amidine groups is 1. The van der Waals surface area contributed by atoms with Crippen molar-refractivity contribution in [2.75, 3.05) is 19.0 Å². The number of aliphatic imine (C=N–C) groups is 1. The van der Waals surface area contributed by atoms with Crippen LogP contribution in [0.15, 0.2) is 23.2 Å². The Balaban J connectivity index is 0.00000391. The summed E-state index contributed by atoms with van der Waals surface area (Å²) in [4.78, 5) is 41.1. The van der Waals surface area contributed by atoms with Crippen molar-refractivity contribution in [3.63, 3.8) is 0 Å². The summed E-state index contributed by atoms with van der Waals surface area (Å²) in [6.07, 6.45) is -3.75. The Morgan fingerprint density at radius 2 is 1.65 bits per heavy atom. The summed E-state index contributed by atoms with van der Waals surface area (Å²) >= 11 is 0. The fourth-order valence-electron chi connectivity index (χ4n) is 3.65. The van der Waals surface area contributed by atoms with E-state index in [4.69, 9.17) is 9.47 Å². The van der Waals surface area contributed by atoms with Gasteiger partial charge in [-0.15, -0.1) is 0 Å². The topological polar surface area (TPSA) is 166 Å². The minimum absolute atomic E-state index is 0.116. The number of imide groups is 1. The third-order valence-electron chi connectivity index (χ3n) is 5.30. The number of ether oxygens (including phenoxy) is 2. The molecule has 0 aromatic heterocycles. The van der Waals surface area contributed by atoms with Crippen LogP contribution < -0.4 is 0 Å². The number of rotatable bonds is 5. The van der Waals surface area contributed by atoms with Crippen molar-refractivity contribution in [2.24, 2.45) is 4.99 Å². The second kappa shape index (κ2) is 13.0. The Morgan fingerprint density at radius 1 is 1.15 bits per heavy atom. The number of halogens is 2. The molecule has 15 heteroatoms. The molecule has 2 rings (SSSR count). The number of nitro benzene ring substituents is 1. The fraction of sp³-hybridized carbons (Fsp3) is 0.640. The van der Waals surface area contributed by atoms with Gasteiger partial charge in [0.05, 0.1) is 16.7 Å². The number of aliphatic hydroxyl groups is 1. The monoisotopic (exact) mass is 593 g/mol. The maximum absolute atomic E-state index is 14.8. The van der Waals surface area contributed by atoms with Gasteiger partial charge in [-0.2, -0.15) is 4.90 Å². The number of nitro groups is 1. The zero-order valence-electron chi connectivity index (χ0n) is 23.9. The number of non-ortho nitro benzene ring substituents is 1. The highest BCUT2D eigenvalue weighted by molar-refractivity contribution is 7.93. The van der Waals surface area contributed by atoms with Crippen molar-refractivity contribution in [1.82, 2.24) is 4.90 Å². The molecule has 2 amide bonds. The van der Waals surface area contributed by atoms with Crippen LogP contribution in [0.25, 0.3) is 0 Å². The molecule has 1 aromatic rings. The number of alkyl halides is 1. The Hall–Kier alpha value is -3.20. The van der Waals surface area contributed by atoms with Gasteiger partial charge in [0.1, 0.15) is 29.5 Å². The molecular formula is C25H37F2N3O9S. The molecule has 1 N–H and O–H groups in total. The summed E-state index contributed by atoms with van der Waals surface area (Å²) in [5, 5.41) is 20.9. The number of benzene rings is 1. The highest BCUT2D eigenvalue weighted by Crippen LogP contribution is 2.39. The van der Waals surface area contributed by atoms with E-state index >= 15 is 0 Å². The Kier molecular flexibility index (Phi) is 11.3. The number of hydrogen-bond donors (Lipinski definition) is 1. The quantitative estimate of drug-likeness (QED) is 0.369. The highest BCUT2D eigenvalue weighted by Gasteiger charge is 2.57. The summed E-state index contributed by atoms with van der Waals surface area (Å²) in [6, 6.07) is 0.628. The lowest BCUT2D eigenvalue weighted by molar-refractivity contribution is -0.385. The zero-order valence-corrected chi connectivity index (χ0v) is 24.7. The second-order valence-electron chi connectivity index (χ2n) is 10.6. The first-order chi connectivity index (χ1) is 18.3.